The van der Waals surface area contributed by atoms with Crippen LogP contribution in [0.4, 0.5) is 0 Å². The standard InChI is InChI=1S/C9H14N2OS/c12-9(2-1-3-10-7-9)6-8-11-4-5-13-8/h4-5,10,12H,1-3,6-7H2. The molecule has 0 radical (unpaired) electrons. The van der Waals surface area contributed by atoms with Crippen LogP contribution in [0, 0.1) is 0 Å². The molecule has 3 nitrogen and oxygen atoms in total. The predicted octanol–water partition coefficient (Wildman–Crippen LogP) is 0.800. The molecule has 2 N–H and O–H groups in total. The molecular formula is C9H14N2OS. The average Bonchev–Trinajstić information content (AvgIpc) is 2.57. The molecule has 0 aliphatic carbocycles. The Hall–Kier alpha value is -0.450. The number of hydrogen-bond donors (Lipinski definition) is 2. The van der Waals surface area contributed by atoms with Gasteiger partial charge in [-0.3, -0.25) is 0 Å². The SMILES string of the molecule is OC1(Cc2nccs2)CCCNC1. The Bertz CT molecular complexity index is 255. The molecule has 72 valence electrons. The van der Waals surface area contributed by atoms with Gasteiger partial charge < -0.3 is 10.4 Å². The van der Waals surface area contributed by atoms with Gasteiger partial charge in [-0.05, 0) is 19.4 Å². The van der Waals surface area contributed by atoms with E-state index in [1.165, 1.54) is 0 Å². The molecular weight excluding hydrogens is 184 g/mol. The van der Waals surface area contributed by atoms with E-state index in [1.54, 1.807) is 17.5 Å². The van der Waals surface area contributed by atoms with Crippen LogP contribution < -0.4 is 5.32 Å². The van der Waals surface area contributed by atoms with Crippen molar-refractivity contribution in [3.8, 4) is 0 Å². The van der Waals surface area contributed by atoms with Crippen molar-refractivity contribution >= 4 is 11.3 Å². The van der Waals surface area contributed by atoms with Gasteiger partial charge >= 0.3 is 0 Å². The van der Waals surface area contributed by atoms with E-state index in [4.69, 9.17) is 0 Å². The van der Waals surface area contributed by atoms with E-state index in [2.05, 4.69) is 10.3 Å². The summed E-state index contributed by atoms with van der Waals surface area (Å²) in [5.41, 5.74) is -0.559. The maximum Gasteiger partial charge on any atom is 0.0954 e. The second kappa shape index (κ2) is 3.74. The summed E-state index contributed by atoms with van der Waals surface area (Å²) in [5, 5.41) is 16.3. The van der Waals surface area contributed by atoms with Crippen LogP contribution in [0.2, 0.25) is 0 Å². The van der Waals surface area contributed by atoms with Gasteiger partial charge in [0.1, 0.15) is 0 Å². The third kappa shape index (κ3) is 2.27. The van der Waals surface area contributed by atoms with Gasteiger partial charge in [0.25, 0.3) is 0 Å². The van der Waals surface area contributed by atoms with E-state index in [9.17, 15) is 5.11 Å². The smallest absolute Gasteiger partial charge is 0.0954 e. The molecule has 0 amide bonds. The lowest BCUT2D eigenvalue weighted by Crippen LogP contribution is -2.47. The zero-order valence-electron chi connectivity index (χ0n) is 7.49. The van der Waals surface area contributed by atoms with Gasteiger partial charge in [0.05, 0.1) is 10.6 Å². The van der Waals surface area contributed by atoms with Crippen molar-refractivity contribution in [1.29, 1.82) is 0 Å². The Balaban J connectivity index is 1.99. The van der Waals surface area contributed by atoms with Crippen LogP contribution in [0.3, 0.4) is 0 Å². The van der Waals surface area contributed by atoms with Crippen molar-refractivity contribution in [2.45, 2.75) is 24.9 Å². The summed E-state index contributed by atoms with van der Waals surface area (Å²) in [4.78, 5) is 4.19. The first-order chi connectivity index (χ1) is 6.29. The first kappa shape index (κ1) is 9.12. The molecule has 1 aliphatic heterocycles. The molecule has 0 spiro atoms. The monoisotopic (exact) mass is 198 g/mol. The highest BCUT2D eigenvalue weighted by molar-refractivity contribution is 7.09. The van der Waals surface area contributed by atoms with E-state index >= 15 is 0 Å². The number of thiazole rings is 1. The molecule has 2 heterocycles. The highest BCUT2D eigenvalue weighted by Crippen LogP contribution is 2.22. The van der Waals surface area contributed by atoms with Crippen LogP contribution in [0.15, 0.2) is 11.6 Å². The van der Waals surface area contributed by atoms with Crippen molar-refractivity contribution in [3.63, 3.8) is 0 Å². The number of nitrogens with one attached hydrogen (secondary N) is 1. The Morgan fingerprint density at radius 1 is 1.69 bits per heavy atom. The number of piperidine rings is 1. The van der Waals surface area contributed by atoms with Crippen molar-refractivity contribution in [3.05, 3.63) is 16.6 Å². The Labute approximate surface area is 81.8 Å². The van der Waals surface area contributed by atoms with Crippen molar-refractivity contribution in [2.24, 2.45) is 0 Å². The van der Waals surface area contributed by atoms with Crippen LogP contribution in [0.5, 0.6) is 0 Å². The molecule has 0 saturated carbocycles. The molecule has 13 heavy (non-hydrogen) atoms. The fourth-order valence-corrected chi connectivity index (χ4v) is 2.48. The molecule has 0 bridgehead atoms. The van der Waals surface area contributed by atoms with Crippen LogP contribution in [-0.2, 0) is 6.42 Å². The van der Waals surface area contributed by atoms with Gasteiger partial charge in [-0.1, -0.05) is 0 Å². The number of nitrogens with zero attached hydrogens (tertiary/aromatic N) is 1. The summed E-state index contributed by atoms with van der Waals surface area (Å²) in [6, 6.07) is 0. The van der Waals surface area contributed by atoms with E-state index < -0.39 is 5.60 Å². The number of rotatable bonds is 2. The Kier molecular flexibility index (Phi) is 2.62. The van der Waals surface area contributed by atoms with E-state index in [0.29, 0.717) is 13.0 Å². The molecule has 2 rings (SSSR count). The fourth-order valence-electron chi connectivity index (χ4n) is 1.72. The second-order valence-corrected chi connectivity index (χ2v) is 4.59. The minimum absolute atomic E-state index is 0.559. The van der Waals surface area contributed by atoms with Gasteiger partial charge in [-0.2, -0.15) is 0 Å². The van der Waals surface area contributed by atoms with Crippen LogP contribution in [-0.4, -0.2) is 28.8 Å². The molecule has 1 atom stereocenters. The van der Waals surface area contributed by atoms with Gasteiger partial charge in [0.15, 0.2) is 0 Å². The lowest BCUT2D eigenvalue weighted by Gasteiger charge is -2.31. The van der Waals surface area contributed by atoms with Crippen molar-refractivity contribution in [1.82, 2.24) is 10.3 Å². The minimum atomic E-state index is -0.559. The minimum Gasteiger partial charge on any atom is -0.388 e. The van der Waals surface area contributed by atoms with E-state index in [-0.39, 0.29) is 0 Å². The Morgan fingerprint density at radius 3 is 3.23 bits per heavy atom. The molecule has 1 saturated heterocycles. The van der Waals surface area contributed by atoms with Gasteiger partial charge in [0.2, 0.25) is 0 Å². The van der Waals surface area contributed by atoms with Gasteiger partial charge in [0, 0.05) is 24.5 Å². The lowest BCUT2D eigenvalue weighted by atomic mass is 9.91. The highest BCUT2D eigenvalue weighted by atomic mass is 32.1. The molecule has 1 aromatic rings. The summed E-state index contributed by atoms with van der Waals surface area (Å²) in [5.74, 6) is 0. The molecule has 1 unspecified atom stereocenters. The summed E-state index contributed by atoms with van der Waals surface area (Å²) < 4.78 is 0. The fraction of sp³-hybridized carbons (Fsp3) is 0.667. The number of β-amino-alcohol motifs (C(OH)–C–C–N with tert-alkyl or cyclic N) is 1. The molecule has 1 aromatic heterocycles. The molecule has 1 fully saturated rings. The summed E-state index contributed by atoms with van der Waals surface area (Å²) >= 11 is 1.62. The van der Waals surface area contributed by atoms with Crippen LogP contribution >= 0.6 is 11.3 Å². The Morgan fingerprint density at radius 2 is 2.62 bits per heavy atom. The summed E-state index contributed by atoms with van der Waals surface area (Å²) in [7, 11) is 0. The van der Waals surface area contributed by atoms with Gasteiger partial charge in [-0.15, -0.1) is 11.3 Å². The molecule has 4 heteroatoms. The van der Waals surface area contributed by atoms with E-state index in [0.717, 1.165) is 24.4 Å². The maximum atomic E-state index is 10.1. The van der Waals surface area contributed by atoms with E-state index in [1.807, 2.05) is 5.38 Å². The van der Waals surface area contributed by atoms with Gasteiger partial charge in [-0.25, -0.2) is 4.98 Å². The molecule has 0 aromatic carbocycles. The number of aliphatic hydroxyl groups is 1. The highest BCUT2D eigenvalue weighted by Gasteiger charge is 2.29. The second-order valence-electron chi connectivity index (χ2n) is 3.61. The summed E-state index contributed by atoms with van der Waals surface area (Å²) in [6.07, 6.45) is 4.43. The largest absolute Gasteiger partial charge is 0.388 e. The predicted molar refractivity (Wildman–Crippen MR) is 52.9 cm³/mol. The number of hydrogen-bond acceptors (Lipinski definition) is 4. The third-order valence-corrected chi connectivity index (χ3v) is 3.19. The average molecular weight is 198 g/mol. The van der Waals surface area contributed by atoms with Crippen molar-refractivity contribution < 1.29 is 5.11 Å². The summed E-state index contributed by atoms with van der Waals surface area (Å²) in [6.45, 7) is 1.73. The first-order valence-corrected chi connectivity index (χ1v) is 5.48. The first-order valence-electron chi connectivity index (χ1n) is 4.60. The quantitative estimate of drug-likeness (QED) is 0.739. The zero-order chi connectivity index (χ0) is 9.15. The van der Waals surface area contributed by atoms with Crippen LogP contribution in [0.25, 0.3) is 0 Å². The zero-order valence-corrected chi connectivity index (χ0v) is 8.31. The lowest BCUT2D eigenvalue weighted by molar-refractivity contribution is 0.0169. The molecule has 1 aliphatic rings. The third-order valence-electron chi connectivity index (χ3n) is 2.41. The number of aromatic nitrogens is 1. The topological polar surface area (TPSA) is 45.2 Å². The normalized spacial score (nSPS) is 29.0. The van der Waals surface area contributed by atoms with Crippen LogP contribution in [0.1, 0.15) is 17.8 Å². The maximum absolute atomic E-state index is 10.1. The van der Waals surface area contributed by atoms with Crippen molar-refractivity contribution in [2.75, 3.05) is 13.1 Å².